The standard InChI is InChI=1S/C24H29N5O4S2/c1-16-18(7-6-10-25-16)32-19-13-17(34-12-11-30-2)14-26-21(19)27-23-28-22(29-35-23)20-15-31-24(33-20)8-4-3-5-9-24/h6-7,10,13-14,20H,3-5,8-9,11-12,15H2,1-2H3,(H,26,27,28,29). The molecule has 3 aromatic heterocycles. The van der Waals surface area contributed by atoms with Crippen LogP contribution in [0.3, 0.4) is 0 Å². The van der Waals surface area contributed by atoms with Crippen LogP contribution in [0.25, 0.3) is 0 Å². The number of pyridine rings is 2. The minimum Gasteiger partial charge on any atom is -0.452 e. The van der Waals surface area contributed by atoms with Crippen LogP contribution in [0.2, 0.25) is 0 Å². The molecule has 0 radical (unpaired) electrons. The van der Waals surface area contributed by atoms with E-state index in [9.17, 15) is 0 Å². The molecule has 0 bridgehead atoms. The quantitative estimate of drug-likeness (QED) is 0.284. The van der Waals surface area contributed by atoms with Gasteiger partial charge in [-0.05, 0) is 38.0 Å². The fourth-order valence-corrected chi connectivity index (χ4v) is 5.59. The van der Waals surface area contributed by atoms with Gasteiger partial charge in [-0.25, -0.2) is 9.97 Å². The third-order valence-corrected chi connectivity index (χ3v) is 7.56. The van der Waals surface area contributed by atoms with Crippen LogP contribution < -0.4 is 10.1 Å². The van der Waals surface area contributed by atoms with Crippen molar-refractivity contribution in [1.82, 2.24) is 19.3 Å². The van der Waals surface area contributed by atoms with Crippen molar-refractivity contribution in [1.29, 1.82) is 0 Å². The Morgan fingerprint density at radius 1 is 1.23 bits per heavy atom. The molecule has 1 aliphatic carbocycles. The lowest BCUT2D eigenvalue weighted by Gasteiger charge is -2.31. The van der Waals surface area contributed by atoms with E-state index < -0.39 is 5.79 Å². The summed E-state index contributed by atoms with van der Waals surface area (Å²) in [5.74, 6) is 2.81. The van der Waals surface area contributed by atoms with Gasteiger partial charge in [-0.15, -0.1) is 11.8 Å². The summed E-state index contributed by atoms with van der Waals surface area (Å²) in [6.07, 6.45) is 8.68. The summed E-state index contributed by atoms with van der Waals surface area (Å²) in [7, 11) is 1.69. The van der Waals surface area contributed by atoms with Crippen LogP contribution in [0.5, 0.6) is 11.5 Å². The van der Waals surface area contributed by atoms with Crippen LogP contribution in [0.1, 0.15) is 49.7 Å². The number of nitrogens with one attached hydrogen (secondary N) is 1. The van der Waals surface area contributed by atoms with E-state index in [0.717, 1.165) is 42.0 Å². The van der Waals surface area contributed by atoms with Gasteiger partial charge in [0, 0.05) is 54.5 Å². The maximum absolute atomic E-state index is 6.29. The lowest BCUT2D eigenvalue weighted by molar-refractivity contribution is -0.188. The Morgan fingerprint density at radius 3 is 2.94 bits per heavy atom. The molecule has 9 nitrogen and oxygen atoms in total. The molecule has 5 rings (SSSR count). The molecule has 0 amide bonds. The molecule has 186 valence electrons. The first-order chi connectivity index (χ1) is 17.1. The SMILES string of the molecule is COCCSc1cnc(Nc2nc(C3COC4(CCCCC4)O3)ns2)c(Oc2cccnc2C)c1. The Hall–Kier alpha value is -2.31. The molecule has 1 N–H and O–H groups in total. The van der Waals surface area contributed by atoms with Gasteiger partial charge in [-0.1, -0.05) is 6.42 Å². The molecule has 1 spiro atoms. The van der Waals surface area contributed by atoms with Crippen molar-refractivity contribution in [2.75, 3.05) is 31.4 Å². The molecule has 1 unspecified atom stereocenters. The van der Waals surface area contributed by atoms with E-state index in [2.05, 4.69) is 24.6 Å². The van der Waals surface area contributed by atoms with Crippen molar-refractivity contribution in [3.63, 3.8) is 0 Å². The minimum atomic E-state index is -0.456. The highest BCUT2D eigenvalue weighted by atomic mass is 32.2. The summed E-state index contributed by atoms with van der Waals surface area (Å²) < 4.78 is 28.3. The van der Waals surface area contributed by atoms with Crippen molar-refractivity contribution in [2.24, 2.45) is 0 Å². The van der Waals surface area contributed by atoms with E-state index in [1.807, 2.05) is 31.3 Å². The smallest absolute Gasteiger partial charge is 0.208 e. The predicted octanol–water partition coefficient (Wildman–Crippen LogP) is 5.66. The Labute approximate surface area is 213 Å². The number of nitrogens with zero attached hydrogens (tertiary/aromatic N) is 4. The molecular weight excluding hydrogens is 486 g/mol. The molecule has 35 heavy (non-hydrogen) atoms. The van der Waals surface area contributed by atoms with E-state index in [4.69, 9.17) is 18.9 Å². The number of hydrogen-bond acceptors (Lipinski definition) is 11. The average molecular weight is 516 g/mol. The van der Waals surface area contributed by atoms with Gasteiger partial charge < -0.3 is 24.3 Å². The second-order valence-electron chi connectivity index (χ2n) is 8.52. The predicted molar refractivity (Wildman–Crippen MR) is 135 cm³/mol. The van der Waals surface area contributed by atoms with Crippen molar-refractivity contribution in [3.05, 3.63) is 42.1 Å². The second-order valence-corrected chi connectivity index (χ2v) is 10.4. The van der Waals surface area contributed by atoms with Gasteiger partial charge in [-0.3, -0.25) is 4.98 Å². The highest BCUT2D eigenvalue weighted by molar-refractivity contribution is 7.99. The number of ether oxygens (including phenoxy) is 4. The molecule has 1 aliphatic heterocycles. The first kappa shape index (κ1) is 24.4. The van der Waals surface area contributed by atoms with E-state index in [-0.39, 0.29) is 6.10 Å². The van der Waals surface area contributed by atoms with Gasteiger partial charge in [0.2, 0.25) is 5.13 Å². The summed E-state index contributed by atoms with van der Waals surface area (Å²) in [4.78, 5) is 14.6. The fourth-order valence-electron chi connectivity index (χ4n) is 4.17. The van der Waals surface area contributed by atoms with Gasteiger partial charge >= 0.3 is 0 Å². The first-order valence-electron chi connectivity index (χ1n) is 11.8. The zero-order valence-corrected chi connectivity index (χ0v) is 21.5. The number of rotatable bonds is 9. The van der Waals surface area contributed by atoms with Crippen molar-refractivity contribution in [2.45, 2.75) is 55.8 Å². The number of anilines is 2. The molecule has 3 aromatic rings. The van der Waals surface area contributed by atoms with E-state index >= 15 is 0 Å². The summed E-state index contributed by atoms with van der Waals surface area (Å²) in [6.45, 7) is 3.05. The Bertz CT molecular complexity index is 1140. The highest BCUT2D eigenvalue weighted by Gasteiger charge is 2.44. The molecule has 4 heterocycles. The number of methoxy groups -OCH3 is 1. The Kier molecular flexibility index (Phi) is 7.78. The number of aryl methyl sites for hydroxylation is 1. The molecule has 2 aliphatic rings. The lowest BCUT2D eigenvalue weighted by atomic mass is 9.94. The lowest BCUT2D eigenvalue weighted by Crippen LogP contribution is -2.32. The van der Waals surface area contributed by atoms with E-state index in [1.54, 1.807) is 25.1 Å². The van der Waals surface area contributed by atoms with Gasteiger partial charge in [0.1, 0.15) is 11.9 Å². The Balaban J connectivity index is 1.33. The van der Waals surface area contributed by atoms with Gasteiger partial charge in [-0.2, -0.15) is 4.37 Å². The second kappa shape index (κ2) is 11.2. The normalized spacial score (nSPS) is 19.2. The van der Waals surface area contributed by atoms with Crippen molar-refractivity contribution in [3.8, 4) is 11.5 Å². The van der Waals surface area contributed by atoms with Gasteiger partial charge in [0.05, 0.1) is 18.9 Å². The Morgan fingerprint density at radius 2 is 2.11 bits per heavy atom. The van der Waals surface area contributed by atoms with Crippen LogP contribution in [-0.2, 0) is 14.2 Å². The molecule has 0 aromatic carbocycles. The maximum atomic E-state index is 6.29. The molecule has 1 atom stereocenters. The van der Waals surface area contributed by atoms with Crippen molar-refractivity contribution >= 4 is 34.2 Å². The van der Waals surface area contributed by atoms with Crippen LogP contribution in [0.4, 0.5) is 10.9 Å². The zero-order valence-electron chi connectivity index (χ0n) is 19.9. The van der Waals surface area contributed by atoms with E-state index in [0.29, 0.717) is 41.5 Å². The molecule has 1 saturated carbocycles. The molecule has 11 heteroatoms. The van der Waals surface area contributed by atoms with Crippen LogP contribution in [-0.4, -0.2) is 51.2 Å². The first-order valence-corrected chi connectivity index (χ1v) is 13.5. The third kappa shape index (κ3) is 5.92. The summed E-state index contributed by atoms with van der Waals surface area (Å²) in [5.41, 5.74) is 0.795. The third-order valence-electron chi connectivity index (χ3n) is 5.99. The van der Waals surface area contributed by atoms with Crippen molar-refractivity contribution < 1.29 is 18.9 Å². The number of thioether (sulfide) groups is 1. The average Bonchev–Trinajstić information content (AvgIpc) is 3.50. The van der Waals surface area contributed by atoms with Gasteiger partial charge in [0.25, 0.3) is 0 Å². The van der Waals surface area contributed by atoms with E-state index in [1.165, 1.54) is 18.0 Å². The summed E-state index contributed by atoms with van der Waals surface area (Å²) in [5, 5.41) is 3.90. The van der Waals surface area contributed by atoms with Gasteiger partial charge in [0.15, 0.2) is 23.2 Å². The topological polar surface area (TPSA) is 101 Å². The molecule has 2 fully saturated rings. The number of aromatic nitrogens is 4. The van der Waals surface area contributed by atoms with Crippen LogP contribution >= 0.6 is 23.3 Å². The van der Waals surface area contributed by atoms with Crippen LogP contribution in [0, 0.1) is 6.92 Å². The number of hydrogen-bond donors (Lipinski definition) is 1. The maximum Gasteiger partial charge on any atom is 0.208 e. The summed E-state index contributed by atoms with van der Waals surface area (Å²) in [6, 6.07) is 5.70. The molecule has 1 saturated heterocycles. The zero-order chi connectivity index (χ0) is 24.1. The fraction of sp³-hybridized carbons (Fsp3) is 0.500. The monoisotopic (exact) mass is 515 g/mol. The summed E-state index contributed by atoms with van der Waals surface area (Å²) >= 11 is 2.92. The molecular formula is C24H29N5O4S2. The minimum absolute atomic E-state index is 0.249. The highest BCUT2D eigenvalue weighted by Crippen LogP contribution is 2.42. The largest absolute Gasteiger partial charge is 0.452 e. The van der Waals surface area contributed by atoms with Crippen LogP contribution in [0.15, 0.2) is 35.5 Å².